The van der Waals surface area contributed by atoms with Crippen molar-refractivity contribution in [3.63, 3.8) is 0 Å². The summed E-state index contributed by atoms with van der Waals surface area (Å²) in [7, 11) is 6.52. The topological polar surface area (TPSA) is 95.8 Å². The molecule has 6 rings (SSSR count). The van der Waals surface area contributed by atoms with Gasteiger partial charge >= 0.3 is 0 Å². The molecule has 196 valence electrons. The van der Waals surface area contributed by atoms with Crippen molar-refractivity contribution < 1.29 is 38.6 Å². The minimum Gasteiger partial charge on any atom is -0.496 e. The van der Waals surface area contributed by atoms with Crippen LogP contribution in [0.3, 0.4) is 0 Å². The highest BCUT2D eigenvalue weighted by atomic mass is 16.6. The third kappa shape index (κ3) is 4.52. The summed E-state index contributed by atoms with van der Waals surface area (Å²) in [4.78, 5) is 0. The van der Waals surface area contributed by atoms with Gasteiger partial charge in [-0.1, -0.05) is 0 Å². The molecule has 2 N–H and O–H groups in total. The maximum Gasteiger partial charge on any atom is 0.208 e. The van der Waals surface area contributed by atoms with Crippen LogP contribution in [0.25, 0.3) is 0 Å². The lowest BCUT2D eigenvalue weighted by atomic mass is 9.77. The number of benzene rings is 2. The van der Waals surface area contributed by atoms with E-state index < -0.39 is 11.6 Å². The molecule has 8 heteroatoms. The highest BCUT2D eigenvalue weighted by molar-refractivity contribution is 5.55. The van der Waals surface area contributed by atoms with Crippen LogP contribution in [-0.2, 0) is 0 Å². The van der Waals surface area contributed by atoms with Crippen molar-refractivity contribution in [3.8, 4) is 34.5 Å². The van der Waals surface area contributed by atoms with Crippen molar-refractivity contribution in [1.82, 2.24) is 0 Å². The lowest BCUT2D eigenvalue weighted by molar-refractivity contribution is -0.173. The number of aliphatic hydroxyl groups is 2. The number of methoxy groups -OCH3 is 4. The molecule has 4 aliphatic rings. The van der Waals surface area contributed by atoms with E-state index in [1.54, 1.807) is 28.4 Å². The molecule has 2 aliphatic carbocycles. The Balaban J connectivity index is 0.000000148. The molecular formula is C28H36O8. The first-order chi connectivity index (χ1) is 17.3. The second-order valence-corrected chi connectivity index (χ2v) is 10.2. The van der Waals surface area contributed by atoms with Crippen LogP contribution in [0.2, 0.25) is 0 Å². The van der Waals surface area contributed by atoms with Gasteiger partial charge in [0.1, 0.15) is 34.5 Å². The second-order valence-electron chi connectivity index (χ2n) is 10.2. The van der Waals surface area contributed by atoms with Gasteiger partial charge in [0, 0.05) is 61.1 Å². The minimum absolute atomic E-state index is 0.313. The van der Waals surface area contributed by atoms with Crippen molar-refractivity contribution in [2.75, 3.05) is 28.4 Å². The summed E-state index contributed by atoms with van der Waals surface area (Å²) >= 11 is 0. The van der Waals surface area contributed by atoms with Gasteiger partial charge in [0.2, 0.25) is 11.6 Å². The summed E-state index contributed by atoms with van der Waals surface area (Å²) in [6.45, 7) is 0. The van der Waals surface area contributed by atoms with Crippen LogP contribution in [0.5, 0.6) is 34.5 Å². The summed E-state index contributed by atoms with van der Waals surface area (Å²) < 4.78 is 32.9. The van der Waals surface area contributed by atoms with Crippen LogP contribution in [0, 0.1) is 0 Å². The van der Waals surface area contributed by atoms with Gasteiger partial charge in [0.25, 0.3) is 0 Å². The maximum atomic E-state index is 10.4. The van der Waals surface area contributed by atoms with Crippen molar-refractivity contribution in [3.05, 3.63) is 35.4 Å². The molecule has 2 saturated carbocycles. The van der Waals surface area contributed by atoms with Gasteiger partial charge in [-0.3, -0.25) is 0 Å². The van der Waals surface area contributed by atoms with E-state index in [4.69, 9.17) is 28.4 Å². The number of hydrogen-bond acceptors (Lipinski definition) is 8. The number of ether oxygens (including phenoxy) is 6. The van der Waals surface area contributed by atoms with E-state index >= 15 is 0 Å². The quantitative estimate of drug-likeness (QED) is 0.613. The number of hydrogen-bond donors (Lipinski definition) is 2. The highest BCUT2D eigenvalue weighted by Crippen LogP contribution is 2.53. The zero-order valence-corrected chi connectivity index (χ0v) is 21.5. The van der Waals surface area contributed by atoms with E-state index in [9.17, 15) is 10.2 Å². The summed E-state index contributed by atoms with van der Waals surface area (Å²) in [6, 6.07) is 7.42. The zero-order chi connectivity index (χ0) is 25.5. The SMILES string of the molecule is COc1cc(OC)c2c(c1)O[C@@]1(O)CCC[C@@H]2C1.COc1cc(OC)c2c(c1)O[C@]1(O)CCC[C@H]2C1. The largest absolute Gasteiger partial charge is 0.496 e. The highest BCUT2D eigenvalue weighted by Gasteiger charge is 2.45. The molecule has 2 aromatic carbocycles. The molecule has 0 unspecified atom stereocenters. The van der Waals surface area contributed by atoms with Crippen molar-refractivity contribution in [2.45, 2.75) is 74.8 Å². The third-order valence-electron chi connectivity index (χ3n) is 7.85. The van der Waals surface area contributed by atoms with E-state index in [1.165, 1.54) is 0 Å². The summed E-state index contributed by atoms with van der Waals surface area (Å²) in [6.07, 6.45) is 6.81. The molecule has 4 bridgehead atoms. The predicted octanol–water partition coefficient (Wildman–Crippen LogP) is 4.88. The van der Waals surface area contributed by atoms with Crippen molar-refractivity contribution in [1.29, 1.82) is 0 Å². The first-order valence-electron chi connectivity index (χ1n) is 12.6. The Hall–Kier alpha value is -2.84. The van der Waals surface area contributed by atoms with E-state index in [2.05, 4.69) is 0 Å². The van der Waals surface area contributed by atoms with E-state index in [-0.39, 0.29) is 0 Å². The smallest absolute Gasteiger partial charge is 0.208 e. The molecule has 8 nitrogen and oxygen atoms in total. The fourth-order valence-corrected chi connectivity index (χ4v) is 6.22. The monoisotopic (exact) mass is 500 g/mol. The van der Waals surface area contributed by atoms with Crippen LogP contribution in [0.1, 0.15) is 74.3 Å². The average Bonchev–Trinajstić information content (AvgIpc) is 2.86. The van der Waals surface area contributed by atoms with Crippen LogP contribution in [0.4, 0.5) is 0 Å². The minimum atomic E-state index is -1.01. The first-order valence-corrected chi connectivity index (χ1v) is 12.6. The molecule has 0 amide bonds. The van der Waals surface area contributed by atoms with Gasteiger partial charge in [-0.15, -0.1) is 0 Å². The number of rotatable bonds is 4. The normalized spacial score (nSPS) is 29.2. The van der Waals surface area contributed by atoms with Gasteiger partial charge < -0.3 is 38.6 Å². The molecule has 0 spiro atoms. The summed E-state index contributed by atoms with van der Waals surface area (Å²) in [5, 5.41) is 20.7. The standard InChI is InChI=1S/2C14H18O4/c2*1-16-10-6-11(17-2)13-9-4-3-5-14(15,8-9)18-12(13)7-10/h2*6-7,9,15H,3-5,8H2,1-2H3/t2*9-,14+/m10/s1. The van der Waals surface area contributed by atoms with Crippen LogP contribution >= 0.6 is 0 Å². The average molecular weight is 501 g/mol. The number of fused-ring (bicyclic) bond motifs is 8. The molecule has 36 heavy (non-hydrogen) atoms. The van der Waals surface area contributed by atoms with Crippen LogP contribution in [-0.4, -0.2) is 50.2 Å². The molecule has 2 aliphatic heterocycles. The van der Waals surface area contributed by atoms with E-state index in [0.717, 1.165) is 48.3 Å². The Bertz CT molecular complexity index is 1030. The molecule has 2 aromatic rings. The van der Waals surface area contributed by atoms with Crippen LogP contribution in [0.15, 0.2) is 24.3 Å². The van der Waals surface area contributed by atoms with Gasteiger partial charge in [0.15, 0.2) is 0 Å². The Kier molecular flexibility index (Phi) is 6.59. The maximum absolute atomic E-state index is 10.4. The summed E-state index contributed by atoms with van der Waals surface area (Å²) in [5.74, 6) is 2.97. The fraction of sp³-hybridized carbons (Fsp3) is 0.571. The van der Waals surface area contributed by atoms with Gasteiger partial charge in [-0.2, -0.15) is 0 Å². The van der Waals surface area contributed by atoms with E-state index in [0.29, 0.717) is 60.5 Å². The Morgan fingerprint density at radius 1 is 0.667 bits per heavy atom. The molecule has 2 heterocycles. The predicted molar refractivity (Wildman–Crippen MR) is 133 cm³/mol. The van der Waals surface area contributed by atoms with Gasteiger partial charge in [-0.05, 0) is 37.5 Å². The van der Waals surface area contributed by atoms with Gasteiger partial charge in [-0.25, -0.2) is 0 Å². The lowest BCUT2D eigenvalue weighted by Crippen LogP contribution is -2.43. The van der Waals surface area contributed by atoms with E-state index in [1.807, 2.05) is 24.3 Å². The second kappa shape index (κ2) is 9.56. The van der Waals surface area contributed by atoms with Crippen LogP contribution < -0.4 is 28.4 Å². The fourth-order valence-electron chi connectivity index (χ4n) is 6.22. The first kappa shape index (κ1) is 24.8. The van der Waals surface area contributed by atoms with Gasteiger partial charge in [0.05, 0.1) is 28.4 Å². The zero-order valence-electron chi connectivity index (χ0n) is 21.5. The molecule has 4 atom stereocenters. The Morgan fingerprint density at radius 2 is 1.08 bits per heavy atom. The molecular weight excluding hydrogens is 464 g/mol. The van der Waals surface area contributed by atoms with Crippen molar-refractivity contribution >= 4 is 0 Å². The van der Waals surface area contributed by atoms with Crippen molar-refractivity contribution in [2.24, 2.45) is 0 Å². The molecule has 2 fully saturated rings. The lowest BCUT2D eigenvalue weighted by Gasteiger charge is -2.42. The molecule has 0 radical (unpaired) electrons. The Morgan fingerprint density at radius 3 is 1.44 bits per heavy atom. The molecule has 0 aromatic heterocycles. The third-order valence-corrected chi connectivity index (χ3v) is 7.85. The summed E-state index contributed by atoms with van der Waals surface area (Å²) in [5.41, 5.74) is 2.14. The molecule has 0 saturated heterocycles. The Labute approximate surface area is 212 Å².